The standard InChI is InChI=1S/C19H19Cl2N3O2/c20-15-3-4-16(17(21)10-15)18(25)23-11-13-5-8-24(9-6-13)19(26)14-2-1-7-22-12-14/h1-4,7,10,12-13H,5-6,8-9,11H2,(H,23,25). The Bertz CT molecular complexity index is 791. The number of nitrogens with one attached hydrogen (secondary N) is 1. The highest BCUT2D eigenvalue weighted by molar-refractivity contribution is 6.36. The van der Waals surface area contributed by atoms with E-state index in [0.29, 0.717) is 46.7 Å². The van der Waals surface area contributed by atoms with Gasteiger partial charge in [0, 0.05) is 37.1 Å². The van der Waals surface area contributed by atoms with Gasteiger partial charge in [0.15, 0.2) is 0 Å². The van der Waals surface area contributed by atoms with Crippen LogP contribution in [0.4, 0.5) is 0 Å². The van der Waals surface area contributed by atoms with Crippen LogP contribution in [0.3, 0.4) is 0 Å². The van der Waals surface area contributed by atoms with Crippen molar-refractivity contribution < 1.29 is 9.59 Å². The number of halogens is 2. The monoisotopic (exact) mass is 391 g/mol. The summed E-state index contributed by atoms with van der Waals surface area (Å²) in [6, 6.07) is 8.36. The Morgan fingerprint density at radius 2 is 1.96 bits per heavy atom. The van der Waals surface area contributed by atoms with E-state index >= 15 is 0 Å². The van der Waals surface area contributed by atoms with Gasteiger partial charge in [-0.15, -0.1) is 0 Å². The number of carbonyl (C=O) groups excluding carboxylic acids is 2. The lowest BCUT2D eigenvalue weighted by molar-refractivity contribution is 0.0684. The van der Waals surface area contributed by atoms with Gasteiger partial charge in [-0.2, -0.15) is 0 Å². The van der Waals surface area contributed by atoms with Crippen LogP contribution < -0.4 is 5.32 Å². The van der Waals surface area contributed by atoms with E-state index in [0.717, 1.165) is 12.8 Å². The van der Waals surface area contributed by atoms with E-state index in [1.165, 1.54) is 0 Å². The Kier molecular flexibility index (Phi) is 6.12. The highest BCUT2D eigenvalue weighted by atomic mass is 35.5. The van der Waals surface area contributed by atoms with Crippen LogP contribution in [0, 0.1) is 5.92 Å². The zero-order valence-electron chi connectivity index (χ0n) is 14.1. The van der Waals surface area contributed by atoms with Crippen molar-refractivity contribution in [1.82, 2.24) is 15.2 Å². The summed E-state index contributed by atoms with van der Waals surface area (Å²) >= 11 is 11.9. The lowest BCUT2D eigenvalue weighted by atomic mass is 9.96. The zero-order valence-corrected chi connectivity index (χ0v) is 15.6. The fourth-order valence-corrected chi connectivity index (χ4v) is 3.51. The summed E-state index contributed by atoms with van der Waals surface area (Å²) in [5.74, 6) is 0.136. The van der Waals surface area contributed by atoms with Gasteiger partial charge in [-0.05, 0) is 49.1 Å². The van der Waals surface area contributed by atoms with E-state index in [9.17, 15) is 9.59 Å². The molecule has 1 aliphatic heterocycles. The number of benzene rings is 1. The van der Waals surface area contributed by atoms with E-state index in [4.69, 9.17) is 23.2 Å². The van der Waals surface area contributed by atoms with Gasteiger partial charge in [0.05, 0.1) is 16.1 Å². The molecule has 1 N–H and O–H groups in total. The molecule has 2 amide bonds. The molecular formula is C19H19Cl2N3O2. The van der Waals surface area contributed by atoms with Crippen LogP contribution in [0.25, 0.3) is 0 Å². The van der Waals surface area contributed by atoms with Crippen molar-refractivity contribution in [2.75, 3.05) is 19.6 Å². The van der Waals surface area contributed by atoms with Gasteiger partial charge < -0.3 is 10.2 Å². The Balaban J connectivity index is 1.48. The summed E-state index contributed by atoms with van der Waals surface area (Å²) in [5, 5.41) is 3.76. The number of hydrogen-bond donors (Lipinski definition) is 1. The molecule has 0 bridgehead atoms. The van der Waals surface area contributed by atoms with Crippen molar-refractivity contribution >= 4 is 35.0 Å². The molecule has 0 atom stereocenters. The topological polar surface area (TPSA) is 62.3 Å². The van der Waals surface area contributed by atoms with E-state index < -0.39 is 0 Å². The number of pyridine rings is 1. The minimum absolute atomic E-state index is 0.00790. The van der Waals surface area contributed by atoms with Crippen molar-refractivity contribution in [3.8, 4) is 0 Å². The molecule has 0 aliphatic carbocycles. The van der Waals surface area contributed by atoms with Crippen LogP contribution >= 0.6 is 23.2 Å². The molecule has 2 heterocycles. The maximum atomic E-state index is 12.4. The summed E-state index contributed by atoms with van der Waals surface area (Å²) in [5.41, 5.74) is 1.02. The highest BCUT2D eigenvalue weighted by Crippen LogP contribution is 2.22. The Morgan fingerprint density at radius 3 is 2.62 bits per heavy atom. The van der Waals surface area contributed by atoms with Gasteiger partial charge in [-0.3, -0.25) is 14.6 Å². The van der Waals surface area contributed by atoms with Gasteiger partial charge in [0.25, 0.3) is 11.8 Å². The van der Waals surface area contributed by atoms with Crippen LogP contribution in [0.1, 0.15) is 33.6 Å². The van der Waals surface area contributed by atoms with E-state index in [2.05, 4.69) is 10.3 Å². The quantitative estimate of drug-likeness (QED) is 0.864. The predicted octanol–water partition coefficient (Wildman–Crippen LogP) is 3.67. The molecule has 1 aromatic carbocycles. The number of carbonyl (C=O) groups is 2. The van der Waals surface area contributed by atoms with Crippen molar-refractivity contribution in [2.45, 2.75) is 12.8 Å². The average molecular weight is 392 g/mol. The highest BCUT2D eigenvalue weighted by Gasteiger charge is 2.24. The van der Waals surface area contributed by atoms with Gasteiger partial charge in [-0.25, -0.2) is 0 Å². The van der Waals surface area contributed by atoms with Crippen LogP contribution in [-0.4, -0.2) is 41.3 Å². The van der Waals surface area contributed by atoms with Gasteiger partial charge in [0.2, 0.25) is 0 Å². The smallest absolute Gasteiger partial charge is 0.255 e. The largest absolute Gasteiger partial charge is 0.352 e. The second-order valence-electron chi connectivity index (χ2n) is 6.31. The lowest BCUT2D eigenvalue weighted by Crippen LogP contribution is -2.41. The maximum absolute atomic E-state index is 12.4. The molecule has 0 radical (unpaired) electrons. The molecule has 0 saturated carbocycles. The molecule has 3 rings (SSSR count). The predicted molar refractivity (Wildman–Crippen MR) is 102 cm³/mol. The zero-order chi connectivity index (χ0) is 18.5. The van der Waals surface area contributed by atoms with Crippen molar-refractivity contribution in [3.05, 3.63) is 63.9 Å². The van der Waals surface area contributed by atoms with Crippen molar-refractivity contribution in [3.63, 3.8) is 0 Å². The fraction of sp³-hybridized carbons (Fsp3) is 0.316. The second kappa shape index (κ2) is 8.52. The summed E-state index contributed by atoms with van der Waals surface area (Å²) in [7, 11) is 0. The maximum Gasteiger partial charge on any atom is 0.255 e. The second-order valence-corrected chi connectivity index (χ2v) is 7.16. The van der Waals surface area contributed by atoms with Crippen molar-refractivity contribution in [1.29, 1.82) is 0 Å². The first-order valence-corrected chi connectivity index (χ1v) is 9.22. The van der Waals surface area contributed by atoms with Crippen LogP contribution in [0.2, 0.25) is 10.0 Å². The molecule has 1 aromatic heterocycles. The molecule has 1 fully saturated rings. The third kappa shape index (κ3) is 4.54. The molecule has 0 spiro atoms. The first-order chi connectivity index (χ1) is 12.5. The molecular weight excluding hydrogens is 373 g/mol. The van der Waals surface area contributed by atoms with Crippen LogP contribution in [0.5, 0.6) is 0 Å². The van der Waals surface area contributed by atoms with Crippen LogP contribution in [0.15, 0.2) is 42.7 Å². The number of aromatic nitrogens is 1. The molecule has 136 valence electrons. The SMILES string of the molecule is O=C(NCC1CCN(C(=O)c2cccnc2)CC1)c1ccc(Cl)cc1Cl. The summed E-state index contributed by atoms with van der Waals surface area (Å²) < 4.78 is 0. The summed E-state index contributed by atoms with van der Waals surface area (Å²) in [6.07, 6.45) is 4.93. The number of nitrogens with zero attached hydrogens (tertiary/aromatic N) is 2. The fourth-order valence-electron chi connectivity index (χ4n) is 3.02. The molecule has 2 aromatic rings. The van der Waals surface area contributed by atoms with E-state index in [1.54, 1.807) is 42.7 Å². The third-order valence-corrected chi connectivity index (χ3v) is 5.09. The number of piperidine rings is 1. The molecule has 1 aliphatic rings. The lowest BCUT2D eigenvalue weighted by Gasteiger charge is -2.32. The Hall–Kier alpha value is -2.11. The van der Waals surface area contributed by atoms with Gasteiger partial charge >= 0.3 is 0 Å². The molecule has 26 heavy (non-hydrogen) atoms. The number of rotatable bonds is 4. The Morgan fingerprint density at radius 1 is 1.19 bits per heavy atom. The number of amides is 2. The molecule has 7 heteroatoms. The first kappa shape index (κ1) is 18.7. The minimum atomic E-state index is -0.208. The summed E-state index contributed by atoms with van der Waals surface area (Å²) in [4.78, 5) is 30.5. The third-order valence-electron chi connectivity index (χ3n) is 4.54. The van der Waals surface area contributed by atoms with Crippen molar-refractivity contribution in [2.24, 2.45) is 5.92 Å². The average Bonchev–Trinajstić information content (AvgIpc) is 2.66. The summed E-state index contributed by atoms with van der Waals surface area (Å²) in [6.45, 7) is 1.92. The first-order valence-electron chi connectivity index (χ1n) is 8.47. The van der Waals surface area contributed by atoms with Crippen LogP contribution in [-0.2, 0) is 0 Å². The Labute approximate surface area is 162 Å². The molecule has 5 nitrogen and oxygen atoms in total. The number of hydrogen-bond acceptors (Lipinski definition) is 3. The normalized spacial score (nSPS) is 14.9. The van der Waals surface area contributed by atoms with Gasteiger partial charge in [-0.1, -0.05) is 23.2 Å². The molecule has 1 saturated heterocycles. The van der Waals surface area contributed by atoms with Gasteiger partial charge in [0.1, 0.15) is 0 Å². The van der Waals surface area contributed by atoms with E-state index in [-0.39, 0.29) is 11.8 Å². The molecule has 0 unspecified atom stereocenters. The number of likely N-dealkylation sites (tertiary alicyclic amines) is 1. The van der Waals surface area contributed by atoms with E-state index in [1.807, 2.05) is 4.90 Å². The minimum Gasteiger partial charge on any atom is -0.352 e.